The van der Waals surface area contributed by atoms with Crippen LogP contribution in [0.1, 0.15) is 74.9 Å². The van der Waals surface area contributed by atoms with Crippen molar-refractivity contribution in [1.29, 1.82) is 5.26 Å². The van der Waals surface area contributed by atoms with Gasteiger partial charge in [-0.15, -0.1) is 0 Å². The van der Waals surface area contributed by atoms with E-state index in [4.69, 9.17) is 10.00 Å². The van der Waals surface area contributed by atoms with Crippen LogP contribution in [-0.4, -0.2) is 7.11 Å². The molecule has 0 saturated carbocycles. The predicted molar refractivity (Wildman–Crippen MR) is 180 cm³/mol. The zero-order valence-corrected chi connectivity index (χ0v) is 26.2. The fourth-order valence-electron chi connectivity index (χ4n) is 4.93. The van der Waals surface area contributed by atoms with Gasteiger partial charge in [0.2, 0.25) is 0 Å². The molecule has 4 rings (SSSR count). The van der Waals surface area contributed by atoms with Crippen LogP contribution in [0.4, 0.5) is 17.1 Å². The first-order chi connectivity index (χ1) is 19.9. The number of nitrogens with zero attached hydrogens (tertiary/aromatic N) is 2. The Kier molecular flexibility index (Phi) is 9.08. The lowest BCUT2D eigenvalue weighted by atomic mass is 9.86. The SMILES string of the molecule is COc1cc(/C=C/c2ccc(N(c3ccc(C(C)(C)C)cc3)c3ccc(C(C)(C)C)cc3)cc2)c(C)cc1/C=C/C#N. The highest BCUT2D eigenvalue weighted by molar-refractivity contribution is 5.79. The molecule has 4 aromatic carbocycles. The van der Waals surface area contributed by atoms with E-state index in [9.17, 15) is 0 Å². The van der Waals surface area contributed by atoms with E-state index < -0.39 is 0 Å². The van der Waals surface area contributed by atoms with Crippen molar-refractivity contribution in [1.82, 2.24) is 0 Å². The maximum absolute atomic E-state index is 8.90. The first kappa shape index (κ1) is 30.4. The molecule has 0 heterocycles. The number of hydrogen-bond donors (Lipinski definition) is 0. The summed E-state index contributed by atoms with van der Waals surface area (Å²) >= 11 is 0. The van der Waals surface area contributed by atoms with Crippen molar-refractivity contribution >= 4 is 35.3 Å². The molecule has 0 saturated heterocycles. The molecule has 0 aliphatic carbocycles. The van der Waals surface area contributed by atoms with E-state index in [-0.39, 0.29) is 10.8 Å². The molecule has 3 nitrogen and oxygen atoms in total. The van der Waals surface area contributed by atoms with Gasteiger partial charge in [-0.2, -0.15) is 5.26 Å². The van der Waals surface area contributed by atoms with Gasteiger partial charge in [-0.05, 0) is 100 Å². The van der Waals surface area contributed by atoms with Crippen molar-refractivity contribution in [3.63, 3.8) is 0 Å². The fourth-order valence-corrected chi connectivity index (χ4v) is 4.93. The maximum Gasteiger partial charge on any atom is 0.126 e. The third kappa shape index (κ3) is 7.20. The monoisotopic (exact) mass is 554 g/mol. The highest BCUT2D eigenvalue weighted by Crippen LogP contribution is 2.37. The number of nitriles is 1. The topological polar surface area (TPSA) is 36.3 Å². The molecule has 0 aliphatic rings. The van der Waals surface area contributed by atoms with Crippen LogP contribution in [0.25, 0.3) is 18.2 Å². The summed E-state index contributed by atoms with van der Waals surface area (Å²) in [4.78, 5) is 2.31. The van der Waals surface area contributed by atoms with E-state index in [1.807, 2.05) is 18.2 Å². The number of methoxy groups -OCH3 is 1. The predicted octanol–water partition coefficient (Wildman–Crippen LogP) is 10.8. The minimum absolute atomic E-state index is 0.0989. The number of rotatable bonds is 7. The van der Waals surface area contributed by atoms with Crippen molar-refractivity contribution in [3.8, 4) is 11.8 Å². The minimum Gasteiger partial charge on any atom is -0.496 e. The highest BCUT2D eigenvalue weighted by atomic mass is 16.5. The van der Waals surface area contributed by atoms with E-state index in [2.05, 4.69) is 138 Å². The molecule has 0 aromatic heterocycles. The first-order valence-electron chi connectivity index (χ1n) is 14.4. The van der Waals surface area contributed by atoms with Crippen molar-refractivity contribution < 1.29 is 4.74 Å². The van der Waals surface area contributed by atoms with Gasteiger partial charge < -0.3 is 9.64 Å². The van der Waals surface area contributed by atoms with Crippen molar-refractivity contribution in [2.45, 2.75) is 59.3 Å². The summed E-state index contributed by atoms with van der Waals surface area (Å²) in [6.45, 7) is 15.5. The molecule has 0 amide bonds. The van der Waals surface area contributed by atoms with E-state index in [1.54, 1.807) is 13.2 Å². The molecule has 0 fully saturated rings. The summed E-state index contributed by atoms with van der Waals surface area (Å²) in [5.74, 6) is 0.743. The molecule has 0 atom stereocenters. The summed E-state index contributed by atoms with van der Waals surface area (Å²) in [7, 11) is 1.65. The molecule has 0 aliphatic heterocycles. The van der Waals surface area contributed by atoms with Crippen LogP contribution in [0.5, 0.6) is 5.75 Å². The Labute approximate surface area is 252 Å². The third-order valence-electron chi connectivity index (χ3n) is 7.55. The summed E-state index contributed by atoms with van der Waals surface area (Å²) in [5, 5.41) is 8.90. The average Bonchev–Trinajstić information content (AvgIpc) is 2.96. The molecule has 0 bridgehead atoms. The van der Waals surface area contributed by atoms with Crippen LogP contribution in [0, 0.1) is 18.3 Å². The third-order valence-corrected chi connectivity index (χ3v) is 7.55. The van der Waals surface area contributed by atoms with Gasteiger partial charge in [0.1, 0.15) is 5.75 Å². The minimum atomic E-state index is 0.0989. The zero-order valence-electron chi connectivity index (χ0n) is 26.2. The molecule has 214 valence electrons. The standard InChI is InChI=1S/C39H42N2O/c1-28-26-31(10-9-25-40)37(42-8)27-30(28)14-11-29-12-19-34(20-13-29)41(35-21-15-32(16-22-35)38(2,3)4)36-23-17-33(18-24-36)39(5,6)7/h9-24,26-27H,1-8H3/b10-9+,14-11+. The van der Waals surface area contributed by atoms with Gasteiger partial charge in [0, 0.05) is 28.7 Å². The zero-order chi connectivity index (χ0) is 30.5. The Morgan fingerprint density at radius 2 is 1.12 bits per heavy atom. The molecule has 4 aromatic rings. The number of allylic oxidation sites excluding steroid dienone is 1. The number of hydrogen-bond acceptors (Lipinski definition) is 3. The molecule has 0 spiro atoms. The Hall–Kier alpha value is -4.55. The van der Waals surface area contributed by atoms with Crippen molar-refractivity contribution in [2.24, 2.45) is 0 Å². The van der Waals surface area contributed by atoms with E-state index in [0.29, 0.717) is 0 Å². The van der Waals surface area contributed by atoms with Gasteiger partial charge in [-0.3, -0.25) is 0 Å². The van der Waals surface area contributed by atoms with E-state index in [1.165, 1.54) is 17.2 Å². The summed E-state index contributed by atoms with van der Waals surface area (Å²) in [6, 6.07) is 32.6. The Balaban J connectivity index is 1.67. The summed E-state index contributed by atoms with van der Waals surface area (Å²) in [5.41, 5.74) is 10.4. The second-order valence-electron chi connectivity index (χ2n) is 12.8. The van der Waals surface area contributed by atoms with Crippen LogP contribution in [0.3, 0.4) is 0 Å². The Bertz CT molecular complexity index is 1550. The number of ether oxygens (including phenoxy) is 1. The summed E-state index contributed by atoms with van der Waals surface area (Å²) in [6.07, 6.45) is 7.47. The normalized spacial score (nSPS) is 12.1. The van der Waals surface area contributed by atoms with E-state index >= 15 is 0 Å². The van der Waals surface area contributed by atoms with E-state index in [0.717, 1.165) is 45.1 Å². The van der Waals surface area contributed by atoms with Gasteiger partial charge in [-0.25, -0.2) is 0 Å². The number of anilines is 3. The van der Waals surface area contributed by atoms with Gasteiger partial charge in [0.05, 0.1) is 13.2 Å². The first-order valence-corrected chi connectivity index (χ1v) is 14.4. The fraction of sp³-hybridized carbons (Fsp3) is 0.256. The molecule has 0 radical (unpaired) electrons. The van der Waals surface area contributed by atoms with Crippen LogP contribution < -0.4 is 9.64 Å². The smallest absolute Gasteiger partial charge is 0.126 e. The van der Waals surface area contributed by atoms with Gasteiger partial charge in [0.25, 0.3) is 0 Å². The number of aryl methyl sites for hydroxylation is 1. The average molecular weight is 555 g/mol. The Morgan fingerprint density at radius 1 is 0.643 bits per heavy atom. The molecular formula is C39H42N2O. The lowest BCUT2D eigenvalue weighted by Crippen LogP contribution is -2.14. The lowest BCUT2D eigenvalue weighted by Gasteiger charge is -2.28. The molecule has 0 N–H and O–H groups in total. The molecule has 42 heavy (non-hydrogen) atoms. The lowest BCUT2D eigenvalue weighted by molar-refractivity contribution is 0.413. The highest BCUT2D eigenvalue weighted by Gasteiger charge is 2.18. The molecular weight excluding hydrogens is 512 g/mol. The Morgan fingerprint density at radius 3 is 1.55 bits per heavy atom. The van der Waals surface area contributed by atoms with Crippen LogP contribution in [-0.2, 0) is 10.8 Å². The van der Waals surface area contributed by atoms with Crippen LogP contribution in [0.2, 0.25) is 0 Å². The second-order valence-corrected chi connectivity index (χ2v) is 12.8. The summed E-state index contributed by atoms with van der Waals surface area (Å²) < 4.78 is 5.57. The quantitative estimate of drug-likeness (QED) is 0.168. The van der Waals surface area contributed by atoms with Gasteiger partial charge >= 0.3 is 0 Å². The van der Waals surface area contributed by atoms with Gasteiger partial charge in [-0.1, -0.05) is 90.1 Å². The molecule has 0 unspecified atom stereocenters. The van der Waals surface area contributed by atoms with Crippen LogP contribution in [0.15, 0.2) is 91.0 Å². The molecule has 3 heteroatoms. The largest absolute Gasteiger partial charge is 0.496 e. The second kappa shape index (κ2) is 12.5. The van der Waals surface area contributed by atoms with Crippen molar-refractivity contribution in [3.05, 3.63) is 124 Å². The maximum atomic E-state index is 8.90. The number of benzene rings is 4. The van der Waals surface area contributed by atoms with Crippen molar-refractivity contribution in [2.75, 3.05) is 12.0 Å². The van der Waals surface area contributed by atoms with Gasteiger partial charge in [0.15, 0.2) is 0 Å². The van der Waals surface area contributed by atoms with Crippen LogP contribution >= 0.6 is 0 Å².